The molecule has 132 valence electrons. The maximum atomic E-state index is 12.7. The molecule has 1 aliphatic heterocycles. The number of rotatable bonds is 2. The predicted molar refractivity (Wildman–Crippen MR) is 96.7 cm³/mol. The number of anilines is 1. The second-order valence-corrected chi connectivity index (χ2v) is 6.03. The van der Waals surface area contributed by atoms with Crippen LogP contribution >= 0.6 is 0 Å². The number of esters is 1. The first-order valence-corrected chi connectivity index (χ1v) is 8.27. The van der Waals surface area contributed by atoms with Crippen molar-refractivity contribution < 1.29 is 14.3 Å². The van der Waals surface area contributed by atoms with Crippen molar-refractivity contribution >= 4 is 22.7 Å². The summed E-state index contributed by atoms with van der Waals surface area (Å²) in [7, 11) is 0. The molecule has 0 bridgehead atoms. The molecule has 3 N–H and O–H groups in total. The molecule has 4 rings (SSSR count). The maximum absolute atomic E-state index is 12.7. The van der Waals surface area contributed by atoms with Crippen molar-refractivity contribution in [2.45, 2.75) is 20.1 Å². The van der Waals surface area contributed by atoms with Gasteiger partial charge in [-0.15, -0.1) is 0 Å². The SMILES string of the molecule is CCOC(=O)c1c[nH]c2c3c(ccc2c1=O)-c1cnc(N)cc1COC3. The Hall–Kier alpha value is -3.19. The number of fused-ring (bicyclic) bond motifs is 5. The van der Waals surface area contributed by atoms with Crippen LogP contribution < -0.4 is 11.2 Å². The van der Waals surface area contributed by atoms with Gasteiger partial charge in [0.2, 0.25) is 5.43 Å². The number of carbonyl (C=O) groups excluding carboxylic acids is 1. The molecule has 2 aromatic heterocycles. The monoisotopic (exact) mass is 351 g/mol. The van der Waals surface area contributed by atoms with E-state index in [0.717, 1.165) is 22.3 Å². The van der Waals surface area contributed by atoms with Gasteiger partial charge in [-0.25, -0.2) is 9.78 Å². The van der Waals surface area contributed by atoms with E-state index in [1.807, 2.05) is 6.07 Å². The summed E-state index contributed by atoms with van der Waals surface area (Å²) in [6, 6.07) is 5.36. The number of benzene rings is 1. The van der Waals surface area contributed by atoms with E-state index in [1.165, 1.54) is 6.20 Å². The number of H-pyrrole nitrogens is 1. The summed E-state index contributed by atoms with van der Waals surface area (Å²) < 4.78 is 10.7. The van der Waals surface area contributed by atoms with E-state index in [0.29, 0.717) is 29.9 Å². The van der Waals surface area contributed by atoms with E-state index in [1.54, 1.807) is 25.3 Å². The number of nitrogen functional groups attached to an aromatic ring is 1. The smallest absolute Gasteiger partial charge is 0.343 e. The van der Waals surface area contributed by atoms with Gasteiger partial charge < -0.3 is 20.2 Å². The van der Waals surface area contributed by atoms with Gasteiger partial charge in [-0.05, 0) is 30.2 Å². The van der Waals surface area contributed by atoms with Crippen molar-refractivity contribution in [3.63, 3.8) is 0 Å². The highest BCUT2D eigenvalue weighted by atomic mass is 16.5. The second kappa shape index (κ2) is 6.27. The molecule has 0 amide bonds. The summed E-state index contributed by atoms with van der Waals surface area (Å²) in [5.74, 6) is -0.198. The molecule has 0 unspecified atom stereocenters. The second-order valence-electron chi connectivity index (χ2n) is 6.03. The van der Waals surface area contributed by atoms with Crippen molar-refractivity contribution in [3.8, 4) is 11.1 Å². The van der Waals surface area contributed by atoms with Crippen LogP contribution in [0.4, 0.5) is 5.82 Å². The summed E-state index contributed by atoms with van der Waals surface area (Å²) >= 11 is 0. The van der Waals surface area contributed by atoms with Crippen LogP contribution in [0.1, 0.15) is 28.4 Å². The van der Waals surface area contributed by atoms with E-state index >= 15 is 0 Å². The first kappa shape index (κ1) is 16.3. The lowest BCUT2D eigenvalue weighted by molar-refractivity contribution is 0.0524. The lowest BCUT2D eigenvalue weighted by Crippen LogP contribution is -2.18. The maximum Gasteiger partial charge on any atom is 0.343 e. The van der Waals surface area contributed by atoms with Gasteiger partial charge in [0.1, 0.15) is 11.4 Å². The third kappa shape index (κ3) is 2.53. The van der Waals surface area contributed by atoms with Gasteiger partial charge in [0.15, 0.2) is 0 Å². The number of nitrogens with two attached hydrogens (primary N) is 1. The van der Waals surface area contributed by atoms with Crippen LogP contribution in [-0.2, 0) is 22.7 Å². The average molecular weight is 351 g/mol. The fourth-order valence-corrected chi connectivity index (χ4v) is 3.26. The molecule has 0 saturated heterocycles. The third-order valence-electron chi connectivity index (χ3n) is 4.46. The molecule has 0 aliphatic carbocycles. The van der Waals surface area contributed by atoms with Gasteiger partial charge in [-0.2, -0.15) is 0 Å². The minimum atomic E-state index is -0.633. The Kier molecular flexibility index (Phi) is 3.93. The Morgan fingerprint density at radius 2 is 2.19 bits per heavy atom. The topological polar surface area (TPSA) is 107 Å². The number of aromatic amines is 1. The van der Waals surface area contributed by atoms with Crippen LogP contribution in [0.5, 0.6) is 0 Å². The fourth-order valence-electron chi connectivity index (χ4n) is 3.26. The van der Waals surface area contributed by atoms with Gasteiger partial charge in [0, 0.05) is 28.9 Å². The van der Waals surface area contributed by atoms with Crippen molar-refractivity contribution in [1.29, 1.82) is 0 Å². The molecular weight excluding hydrogens is 334 g/mol. The van der Waals surface area contributed by atoms with Gasteiger partial charge in [-0.1, -0.05) is 6.07 Å². The summed E-state index contributed by atoms with van der Waals surface area (Å²) in [4.78, 5) is 31.9. The van der Waals surface area contributed by atoms with Gasteiger partial charge >= 0.3 is 5.97 Å². The summed E-state index contributed by atoms with van der Waals surface area (Å²) in [6.07, 6.45) is 3.12. The number of hydrogen-bond acceptors (Lipinski definition) is 6. The zero-order valence-corrected chi connectivity index (χ0v) is 14.2. The lowest BCUT2D eigenvalue weighted by Gasteiger charge is -2.12. The molecule has 0 spiro atoms. The molecule has 0 atom stereocenters. The molecule has 1 aromatic carbocycles. The number of carbonyl (C=O) groups is 1. The van der Waals surface area contributed by atoms with Gasteiger partial charge in [0.05, 0.1) is 25.3 Å². The quantitative estimate of drug-likeness (QED) is 0.687. The van der Waals surface area contributed by atoms with E-state index in [-0.39, 0.29) is 17.6 Å². The normalized spacial score (nSPS) is 13.0. The molecule has 0 saturated carbocycles. The first-order valence-electron chi connectivity index (χ1n) is 8.27. The van der Waals surface area contributed by atoms with Crippen LogP contribution in [0.2, 0.25) is 0 Å². The molecule has 3 aromatic rings. The summed E-state index contributed by atoms with van der Waals surface area (Å²) in [5.41, 5.74) is 9.69. The average Bonchev–Trinajstić information content (AvgIpc) is 2.81. The Bertz CT molecular complexity index is 1090. The molecule has 3 heterocycles. The Balaban J connectivity index is 1.94. The third-order valence-corrected chi connectivity index (χ3v) is 4.46. The highest BCUT2D eigenvalue weighted by Gasteiger charge is 2.21. The number of hydrogen-bond donors (Lipinski definition) is 2. The van der Waals surface area contributed by atoms with Crippen LogP contribution in [-0.4, -0.2) is 22.5 Å². The first-order chi connectivity index (χ1) is 12.6. The molecule has 0 radical (unpaired) electrons. The largest absolute Gasteiger partial charge is 0.462 e. The van der Waals surface area contributed by atoms with Crippen molar-refractivity contribution in [1.82, 2.24) is 9.97 Å². The Morgan fingerprint density at radius 3 is 3.00 bits per heavy atom. The fraction of sp³-hybridized carbons (Fsp3) is 0.211. The van der Waals surface area contributed by atoms with Crippen LogP contribution in [0.25, 0.3) is 22.0 Å². The van der Waals surface area contributed by atoms with Crippen LogP contribution in [0.15, 0.2) is 35.4 Å². The predicted octanol–water partition coefficient (Wildman–Crippen LogP) is 2.38. The minimum Gasteiger partial charge on any atom is -0.462 e. The van der Waals surface area contributed by atoms with Crippen molar-refractivity contribution in [2.75, 3.05) is 12.3 Å². The lowest BCUT2D eigenvalue weighted by atomic mass is 9.95. The standard InChI is InChI=1S/C19H17N3O4/c1-2-26-19(24)14-7-22-17-12(18(14)23)4-3-11-13-6-21-16(20)5-10(13)8-25-9-15(11)17/h3-7H,2,8-9H2,1H3,(H2,20,21)(H,22,23). The molecule has 0 fully saturated rings. The van der Waals surface area contributed by atoms with Crippen LogP contribution in [0.3, 0.4) is 0 Å². The molecular formula is C19H17N3O4. The van der Waals surface area contributed by atoms with E-state index in [2.05, 4.69) is 9.97 Å². The van der Waals surface area contributed by atoms with E-state index in [9.17, 15) is 9.59 Å². The zero-order valence-electron chi connectivity index (χ0n) is 14.2. The highest BCUT2D eigenvalue weighted by molar-refractivity contribution is 5.96. The Morgan fingerprint density at radius 1 is 1.35 bits per heavy atom. The number of aromatic nitrogens is 2. The number of nitrogens with one attached hydrogen (secondary N) is 1. The van der Waals surface area contributed by atoms with E-state index in [4.69, 9.17) is 15.2 Å². The summed E-state index contributed by atoms with van der Waals surface area (Å²) in [5, 5.41) is 0.421. The van der Waals surface area contributed by atoms with Crippen molar-refractivity contribution in [3.05, 3.63) is 57.5 Å². The molecule has 1 aliphatic rings. The van der Waals surface area contributed by atoms with Gasteiger partial charge in [-0.3, -0.25) is 4.79 Å². The number of ether oxygens (including phenoxy) is 2. The minimum absolute atomic E-state index is 0.0105. The molecule has 7 nitrogen and oxygen atoms in total. The zero-order chi connectivity index (χ0) is 18.3. The summed E-state index contributed by atoms with van der Waals surface area (Å²) in [6.45, 7) is 2.64. The Labute approximate surface area is 148 Å². The van der Waals surface area contributed by atoms with E-state index < -0.39 is 5.97 Å². The van der Waals surface area contributed by atoms with Crippen LogP contribution in [0, 0.1) is 0 Å². The number of nitrogens with zero attached hydrogens (tertiary/aromatic N) is 1. The highest BCUT2D eigenvalue weighted by Crippen LogP contribution is 2.34. The number of pyridine rings is 2. The molecule has 26 heavy (non-hydrogen) atoms. The molecule has 7 heteroatoms. The van der Waals surface area contributed by atoms with Crippen molar-refractivity contribution in [2.24, 2.45) is 0 Å². The van der Waals surface area contributed by atoms with Gasteiger partial charge in [0.25, 0.3) is 0 Å².